The van der Waals surface area contributed by atoms with E-state index in [1.807, 2.05) is 6.07 Å². The summed E-state index contributed by atoms with van der Waals surface area (Å²) in [7, 11) is -3.23. The summed E-state index contributed by atoms with van der Waals surface area (Å²) in [4.78, 5) is 12.4. The van der Waals surface area contributed by atoms with Crippen molar-refractivity contribution in [3.8, 4) is 0 Å². The Morgan fingerprint density at radius 2 is 2.13 bits per heavy atom. The van der Waals surface area contributed by atoms with Gasteiger partial charge in [-0.15, -0.1) is 11.3 Å². The van der Waals surface area contributed by atoms with Crippen LogP contribution in [0.4, 0.5) is 5.82 Å². The van der Waals surface area contributed by atoms with Crippen LogP contribution in [0.2, 0.25) is 5.28 Å². The molecule has 0 atom stereocenters. The number of fused-ring (bicyclic) bond motifs is 1. The number of aromatic nitrogens is 2. The topological polar surface area (TPSA) is 84.4 Å². The number of nitrogens with zero attached hydrogens (tertiary/aromatic N) is 3. The molecule has 0 unspecified atom stereocenters. The van der Waals surface area contributed by atoms with Crippen LogP contribution in [-0.4, -0.2) is 50.4 Å². The van der Waals surface area contributed by atoms with Crippen molar-refractivity contribution in [2.75, 3.05) is 37.0 Å². The zero-order chi connectivity index (χ0) is 16.4. The van der Waals surface area contributed by atoms with Crippen molar-refractivity contribution in [1.82, 2.24) is 14.7 Å². The maximum absolute atomic E-state index is 11.6. The van der Waals surface area contributed by atoms with Crippen molar-refractivity contribution in [3.05, 3.63) is 16.2 Å². The molecule has 0 aliphatic carbocycles. The smallest absolute Gasteiger partial charge is 0.225 e. The largest absolute Gasteiger partial charge is 0.378 e. The molecular weight excluding hydrogens is 360 g/mol. The van der Waals surface area contributed by atoms with Crippen LogP contribution in [0.25, 0.3) is 10.2 Å². The fourth-order valence-corrected chi connectivity index (χ4v) is 4.16. The number of hydrogen-bond donors (Lipinski definition) is 1. The average Bonchev–Trinajstić information content (AvgIpc) is 2.96. The lowest BCUT2D eigenvalue weighted by molar-refractivity contribution is 0.122. The zero-order valence-electron chi connectivity index (χ0n) is 12.6. The molecule has 2 aromatic heterocycles. The molecule has 0 spiro atoms. The van der Waals surface area contributed by atoms with Crippen LogP contribution in [0.3, 0.4) is 0 Å². The lowest BCUT2D eigenvalue weighted by atomic mass is 10.3. The Kier molecular flexibility index (Phi) is 5.02. The van der Waals surface area contributed by atoms with Crippen molar-refractivity contribution in [3.63, 3.8) is 0 Å². The zero-order valence-corrected chi connectivity index (χ0v) is 15.0. The van der Waals surface area contributed by atoms with E-state index in [0.717, 1.165) is 34.0 Å². The molecule has 7 nitrogen and oxygen atoms in total. The summed E-state index contributed by atoms with van der Waals surface area (Å²) in [5.74, 6) is 0.840. The minimum Gasteiger partial charge on any atom is -0.378 e. The first kappa shape index (κ1) is 16.8. The van der Waals surface area contributed by atoms with Crippen molar-refractivity contribution in [1.29, 1.82) is 0 Å². The van der Waals surface area contributed by atoms with Gasteiger partial charge in [0, 0.05) is 24.5 Å². The van der Waals surface area contributed by atoms with Gasteiger partial charge in [0.2, 0.25) is 15.3 Å². The first-order chi connectivity index (χ1) is 11.0. The molecule has 10 heteroatoms. The van der Waals surface area contributed by atoms with Crippen LogP contribution in [0.5, 0.6) is 0 Å². The quantitative estimate of drug-likeness (QED) is 0.798. The van der Waals surface area contributed by atoms with E-state index in [1.165, 1.54) is 11.3 Å². The van der Waals surface area contributed by atoms with Gasteiger partial charge < -0.3 is 9.64 Å². The summed E-state index contributed by atoms with van der Waals surface area (Å²) in [6.07, 6.45) is 0. The van der Waals surface area contributed by atoms with Crippen molar-refractivity contribution >= 4 is 49.0 Å². The molecule has 0 amide bonds. The van der Waals surface area contributed by atoms with E-state index < -0.39 is 10.0 Å². The van der Waals surface area contributed by atoms with Crippen molar-refractivity contribution in [2.24, 2.45) is 0 Å². The molecule has 3 heterocycles. The number of ether oxygens (including phenoxy) is 1. The molecule has 1 N–H and O–H groups in total. The van der Waals surface area contributed by atoms with Gasteiger partial charge in [0.05, 0.1) is 24.4 Å². The molecule has 1 fully saturated rings. The van der Waals surface area contributed by atoms with Gasteiger partial charge in [-0.2, -0.15) is 4.98 Å². The number of nitrogens with one attached hydrogen (secondary N) is 1. The molecule has 1 aliphatic heterocycles. The van der Waals surface area contributed by atoms with E-state index in [0.29, 0.717) is 13.2 Å². The number of morpholine rings is 1. The van der Waals surface area contributed by atoms with Crippen molar-refractivity contribution < 1.29 is 13.2 Å². The second kappa shape index (κ2) is 6.86. The van der Waals surface area contributed by atoms with Crippen LogP contribution in [0.15, 0.2) is 6.07 Å². The predicted octanol–water partition coefficient (Wildman–Crippen LogP) is 1.62. The normalized spacial score (nSPS) is 16.2. The second-order valence-corrected chi connectivity index (χ2v) is 8.62. The monoisotopic (exact) mass is 376 g/mol. The molecule has 126 valence electrons. The summed E-state index contributed by atoms with van der Waals surface area (Å²) >= 11 is 7.46. The number of thiophene rings is 1. The van der Waals surface area contributed by atoms with Crippen LogP contribution in [0, 0.1) is 0 Å². The highest BCUT2D eigenvalue weighted by molar-refractivity contribution is 7.89. The van der Waals surface area contributed by atoms with Gasteiger partial charge >= 0.3 is 0 Å². The first-order valence-electron chi connectivity index (χ1n) is 7.24. The summed E-state index contributed by atoms with van der Waals surface area (Å²) in [5, 5.41) is 1.09. The minimum absolute atomic E-state index is 0.0581. The molecule has 0 radical (unpaired) electrons. The maximum atomic E-state index is 11.6. The van der Waals surface area contributed by atoms with Gasteiger partial charge in [-0.05, 0) is 24.6 Å². The number of anilines is 1. The highest BCUT2D eigenvalue weighted by Crippen LogP contribution is 2.32. The number of sulfonamides is 1. The van der Waals surface area contributed by atoms with Crippen LogP contribution in [-0.2, 0) is 21.3 Å². The van der Waals surface area contributed by atoms with Gasteiger partial charge in [0.15, 0.2) is 0 Å². The molecule has 3 rings (SSSR count). The fourth-order valence-electron chi connectivity index (χ4n) is 2.32. The number of halogens is 1. The van der Waals surface area contributed by atoms with E-state index in [1.54, 1.807) is 6.92 Å². The lowest BCUT2D eigenvalue weighted by Gasteiger charge is -2.28. The van der Waals surface area contributed by atoms with E-state index in [-0.39, 0.29) is 17.6 Å². The van der Waals surface area contributed by atoms with Crippen LogP contribution in [0.1, 0.15) is 11.8 Å². The Hall–Kier alpha value is -1.00. The van der Waals surface area contributed by atoms with E-state index >= 15 is 0 Å². The third-order valence-corrected chi connectivity index (χ3v) is 6.10. The molecule has 1 aliphatic rings. The Morgan fingerprint density at radius 3 is 2.83 bits per heavy atom. The maximum Gasteiger partial charge on any atom is 0.225 e. The van der Waals surface area contributed by atoms with Crippen LogP contribution < -0.4 is 9.62 Å². The standard InChI is InChI=1S/C13H17ClN4O3S2/c1-2-23(19,20)15-8-9-7-10-11(18-3-5-21-6-4-18)16-13(14)17-12(10)22-9/h7,15H,2-6,8H2,1H3. The Balaban J connectivity index is 1.92. The molecular formula is C13H17ClN4O3S2. The predicted molar refractivity (Wildman–Crippen MR) is 91.8 cm³/mol. The van der Waals surface area contributed by atoms with E-state index in [2.05, 4.69) is 19.6 Å². The summed E-state index contributed by atoms with van der Waals surface area (Å²) in [5.41, 5.74) is 0. The summed E-state index contributed by atoms with van der Waals surface area (Å²) in [6.45, 7) is 4.64. The Morgan fingerprint density at radius 1 is 1.39 bits per heavy atom. The minimum atomic E-state index is -3.23. The first-order valence-corrected chi connectivity index (χ1v) is 10.1. The summed E-state index contributed by atoms with van der Waals surface area (Å²) < 4.78 is 31.1. The van der Waals surface area contributed by atoms with Gasteiger partial charge in [-0.3, -0.25) is 0 Å². The molecule has 23 heavy (non-hydrogen) atoms. The van der Waals surface area contributed by atoms with Crippen molar-refractivity contribution in [2.45, 2.75) is 13.5 Å². The fraction of sp³-hybridized carbons (Fsp3) is 0.538. The Labute approximate surface area is 143 Å². The number of rotatable bonds is 5. The van der Waals surface area contributed by atoms with E-state index in [9.17, 15) is 8.42 Å². The van der Waals surface area contributed by atoms with E-state index in [4.69, 9.17) is 16.3 Å². The van der Waals surface area contributed by atoms with Gasteiger partial charge in [-0.25, -0.2) is 18.1 Å². The molecule has 0 bridgehead atoms. The lowest BCUT2D eigenvalue weighted by Crippen LogP contribution is -2.36. The highest BCUT2D eigenvalue weighted by atomic mass is 35.5. The average molecular weight is 377 g/mol. The van der Waals surface area contributed by atoms with Gasteiger partial charge in [0.1, 0.15) is 10.6 Å². The molecule has 0 aromatic carbocycles. The van der Waals surface area contributed by atoms with Gasteiger partial charge in [-0.1, -0.05) is 0 Å². The van der Waals surface area contributed by atoms with Crippen LogP contribution >= 0.6 is 22.9 Å². The molecule has 0 saturated carbocycles. The SMILES string of the molecule is CCS(=O)(=O)NCc1cc2c(N3CCOCC3)nc(Cl)nc2s1. The summed E-state index contributed by atoms with van der Waals surface area (Å²) in [6, 6.07) is 1.93. The third kappa shape index (κ3) is 3.92. The Bertz CT molecular complexity index is 803. The third-order valence-electron chi connectivity index (χ3n) is 3.55. The highest BCUT2D eigenvalue weighted by Gasteiger charge is 2.19. The number of hydrogen-bond acceptors (Lipinski definition) is 7. The van der Waals surface area contributed by atoms with Gasteiger partial charge in [0.25, 0.3) is 0 Å². The molecule has 1 saturated heterocycles. The molecule has 2 aromatic rings. The second-order valence-electron chi connectivity index (χ2n) is 5.07.